The average Bonchev–Trinajstić information content (AvgIpc) is 2.52. The molecule has 1 N–H and O–H groups in total. The van der Waals surface area contributed by atoms with Gasteiger partial charge in [0.05, 0.1) is 5.03 Å². The molecule has 1 heterocycles. The summed E-state index contributed by atoms with van der Waals surface area (Å²) in [6, 6.07) is 15.4. The molecule has 0 amide bonds. The maximum absolute atomic E-state index is 4.48. The highest BCUT2D eigenvalue weighted by Gasteiger charge is 2.33. The summed E-state index contributed by atoms with van der Waals surface area (Å²) in [6.07, 6.45) is 3.07. The van der Waals surface area contributed by atoms with Crippen LogP contribution >= 0.6 is 11.8 Å². The lowest BCUT2D eigenvalue weighted by molar-refractivity contribution is 0.453. The molecular weight excluding hydrogens is 276 g/mol. The minimum atomic E-state index is 0.411. The fraction of sp³-hybridized carbons (Fsp3) is 0.389. The van der Waals surface area contributed by atoms with Gasteiger partial charge in [0, 0.05) is 17.5 Å². The van der Waals surface area contributed by atoms with Crippen LogP contribution in [0, 0.1) is 0 Å². The molecule has 0 bridgehead atoms. The van der Waals surface area contributed by atoms with Gasteiger partial charge in [0.2, 0.25) is 0 Å². The highest BCUT2D eigenvalue weighted by atomic mass is 32.2. The van der Waals surface area contributed by atoms with Crippen LogP contribution in [0.3, 0.4) is 0 Å². The van der Waals surface area contributed by atoms with Crippen LogP contribution < -0.4 is 5.32 Å². The highest BCUT2D eigenvalue weighted by molar-refractivity contribution is 7.99. The Hall–Kier alpha value is -1.32. The third kappa shape index (κ3) is 3.14. The van der Waals surface area contributed by atoms with Crippen molar-refractivity contribution in [2.45, 2.75) is 42.5 Å². The van der Waals surface area contributed by atoms with Gasteiger partial charge in [-0.2, -0.15) is 0 Å². The van der Waals surface area contributed by atoms with E-state index in [-0.39, 0.29) is 0 Å². The second kappa shape index (κ2) is 6.63. The number of rotatable bonds is 4. The Morgan fingerprint density at radius 2 is 1.90 bits per heavy atom. The molecule has 0 spiro atoms. The summed E-state index contributed by atoms with van der Waals surface area (Å²) in [4.78, 5) is 4.48. The van der Waals surface area contributed by atoms with Gasteiger partial charge in [-0.15, -0.1) is 11.8 Å². The smallest absolute Gasteiger partial charge is 0.0963 e. The van der Waals surface area contributed by atoms with Crippen molar-refractivity contribution in [2.75, 3.05) is 6.54 Å². The molecule has 1 aliphatic carbocycles. The molecule has 0 saturated carbocycles. The van der Waals surface area contributed by atoms with Gasteiger partial charge in [-0.25, -0.2) is 4.98 Å². The molecule has 1 aliphatic rings. The summed E-state index contributed by atoms with van der Waals surface area (Å²) in [7, 11) is 0. The maximum Gasteiger partial charge on any atom is 0.0963 e. The summed E-state index contributed by atoms with van der Waals surface area (Å²) >= 11 is 1.91. The van der Waals surface area contributed by atoms with E-state index in [1.165, 1.54) is 17.5 Å². The van der Waals surface area contributed by atoms with Crippen LogP contribution in [0.1, 0.15) is 43.4 Å². The van der Waals surface area contributed by atoms with Crippen LogP contribution in [0.5, 0.6) is 0 Å². The first-order chi connectivity index (χ1) is 10.3. The number of pyridine rings is 1. The number of hydrogen-bond donors (Lipinski definition) is 1. The van der Waals surface area contributed by atoms with Gasteiger partial charge < -0.3 is 5.32 Å². The van der Waals surface area contributed by atoms with Gasteiger partial charge in [-0.3, -0.25) is 0 Å². The van der Waals surface area contributed by atoms with E-state index in [0.717, 1.165) is 11.6 Å². The van der Waals surface area contributed by atoms with Crippen LogP contribution in [0.2, 0.25) is 0 Å². The number of fused-ring (bicyclic) bond motifs is 1. The topological polar surface area (TPSA) is 24.9 Å². The van der Waals surface area contributed by atoms with E-state index in [1.54, 1.807) is 0 Å². The van der Waals surface area contributed by atoms with E-state index in [2.05, 4.69) is 60.5 Å². The molecule has 3 unspecified atom stereocenters. The minimum Gasteiger partial charge on any atom is -0.309 e. The second-order valence-corrected chi connectivity index (χ2v) is 6.88. The van der Waals surface area contributed by atoms with Crippen LogP contribution in [-0.2, 0) is 0 Å². The molecule has 0 fully saturated rings. The molecule has 3 rings (SSSR count). The van der Waals surface area contributed by atoms with E-state index in [9.17, 15) is 0 Å². The SMILES string of the molecule is CCNC1c2ccccc2C(C)CC1Sc1ccccn1. The number of aromatic nitrogens is 1. The first-order valence-electron chi connectivity index (χ1n) is 7.69. The van der Waals surface area contributed by atoms with Gasteiger partial charge in [0.25, 0.3) is 0 Å². The number of nitrogens with zero attached hydrogens (tertiary/aromatic N) is 1. The maximum atomic E-state index is 4.48. The second-order valence-electron chi connectivity index (χ2n) is 5.63. The molecule has 3 heteroatoms. The van der Waals surface area contributed by atoms with Gasteiger partial charge in [-0.1, -0.05) is 44.2 Å². The van der Waals surface area contributed by atoms with Crippen molar-refractivity contribution in [3.63, 3.8) is 0 Å². The lowest BCUT2D eigenvalue weighted by atomic mass is 9.80. The molecule has 0 radical (unpaired) electrons. The lowest BCUT2D eigenvalue weighted by Gasteiger charge is -2.37. The molecule has 110 valence electrons. The summed E-state index contributed by atoms with van der Waals surface area (Å²) < 4.78 is 0. The zero-order valence-corrected chi connectivity index (χ0v) is 13.4. The number of benzene rings is 1. The molecule has 21 heavy (non-hydrogen) atoms. The Balaban J connectivity index is 1.90. The molecule has 1 aromatic carbocycles. The van der Waals surface area contributed by atoms with E-state index in [1.807, 2.05) is 24.0 Å². The average molecular weight is 298 g/mol. The molecular formula is C18H22N2S. The van der Waals surface area contributed by atoms with Crippen LogP contribution in [-0.4, -0.2) is 16.8 Å². The number of thioether (sulfide) groups is 1. The quantitative estimate of drug-likeness (QED) is 0.905. The molecule has 0 saturated heterocycles. The summed E-state index contributed by atoms with van der Waals surface area (Å²) in [5.74, 6) is 0.609. The van der Waals surface area contributed by atoms with E-state index < -0.39 is 0 Å². The summed E-state index contributed by atoms with van der Waals surface area (Å²) in [6.45, 7) is 5.52. The van der Waals surface area contributed by atoms with Crippen molar-refractivity contribution in [1.29, 1.82) is 0 Å². The lowest BCUT2D eigenvalue weighted by Crippen LogP contribution is -2.35. The first kappa shape index (κ1) is 14.6. The number of nitrogens with one attached hydrogen (secondary N) is 1. The molecule has 2 aromatic rings. The van der Waals surface area contributed by atoms with Crippen LogP contribution in [0.15, 0.2) is 53.7 Å². The zero-order valence-electron chi connectivity index (χ0n) is 12.6. The van der Waals surface area contributed by atoms with Gasteiger partial charge in [0.1, 0.15) is 0 Å². The molecule has 0 aliphatic heterocycles. The molecule has 1 aromatic heterocycles. The molecule has 2 nitrogen and oxygen atoms in total. The fourth-order valence-corrected chi connectivity index (χ4v) is 4.56. The highest BCUT2D eigenvalue weighted by Crippen LogP contribution is 2.44. The van der Waals surface area contributed by atoms with E-state index in [4.69, 9.17) is 0 Å². The fourth-order valence-electron chi connectivity index (χ4n) is 3.20. The van der Waals surface area contributed by atoms with Crippen molar-refractivity contribution < 1.29 is 0 Å². The predicted molar refractivity (Wildman–Crippen MR) is 89.8 cm³/mol. The monoisotopic (exact) mass is 298 g/mol. The summed E-state index contributed by atoms with van der Waals surface area (Å²) in [5, 5.41) is 5.34. The van der Waals surface area contributed by atoms with Crippen molar-refractivity contribution in [2.24, 2.45) is 0 Å². The predicted octanol–water partition coefficient (Wildman–Crippen LogP) is 4.40. The van der Waals surface area contributed by atoms with E-state index >= 15 is 0 Å². The Kier molecular flexibility index (Phi) is 4.61. The minimum absolute atomic E-state index is 0.411. The Morgan fingerprint density at radius 3 is 2.62 bits per heavy atom. The number of hydrogen-bond acceptors (Lipinski definition) is 3. The van der Waals surface area contributed by atoms with Gasteiger partial charge in [0.15, 0.2) is 0 Å². The van der Waals surface area contributed by atoms with Crippen molar-refractivity contribution in [1.82, 2.24) is 10.3 Å². The van der Waals surface area contributed by atoms with Crippen molar-refractivity contribution in [3.8, 4) is 0 Å². The molecule has 3 atom stereocenters. The third-order valence-corrected chi connectivity index (χ3v) is 5.40. The van der Waals surface area contributed by atoms with E-state index in [0.29, 0.717) is 17.2 Å². The first-order valence-corrected chi connectivity index (χ1v) is 8.57. The standard InChI is InChI=1S/C18H22N2S/c1-3-19-18-15-9-5-4-8-14(15)13(2)12-16(18)21-17-10-6-7-11-20-17/h4-11,13,16,18-19H,3,12H2,1-2H3. The van der Waals surface area contributed by atoms with Crippen molar-refractivity contribution in [3.05, 3.63) is 59.8 Å². The summed E-state index contributed by atoms with van der Waals surface area (Å²) in [5.41, 5.74) is 2.97. The Morgan fingerprint density at radius 1 is 1.14 bits per heavy atom. The Labute approximate surface area is 131 Å². The Bertz CT molecular complexity index is 585. The largest absolute Gasteiger partial charge is 0.309 e. The van der Waals surface area contributed by atoms with Gasteiger partial charge in [-0.05, 0) is 42.1 Å². The normalized spacial score (nSPS) is 24.6. The van der Waals surface area contributed by atoms with Crippen LogP contribution in [0.25, 0.3) is 0 Å². The van der Waals surface area contributed by atoms with Crippen LogP contribution in [0.4, 0.5) is 0 Å². The van der Waals surface area contributed by atoms with Crippen molar-refractivity contribution >= 4 is 11.8 Å². The third-order valence-electron chi connectivity index (χ3n) is 4.15. The zero-order chi connectivity index (χ0) is 14.7. The van der Waals surface area contributed by atoms with Gasteiger partial charge >= 0.3 is 0 Å².